The van der Waals surface area contributed by atoms with Crippen molar-refractivity contribution >= 4 is 12.1 Å². The van der Waals surface area contributed by atoms with Crippen LogP contribution in [0, 0.1) is 6.92 Å². The molecule has 7 nitrogen and oxygen atoms in total. The van der Waals surface area contributed by atoms with Crippen molar-refractivity contribution in [2.24, 2.45) is 5.10 Å². The van der Waals surface area contributed by atoms with Crippen LogP contribution >= 0.6 is 0 Å². The van der Waals surface area contributed by atoms with Gasteiger partial charge in [0.15, 0.2) is 18.1 Å². The second-order valence-electron chi connectivity index (χ2n) is 5.35. The highest BCUT2D eigenvalue weighted by Gasteiger charge is 2.10. The van der Waals surface area contributed by atoms with E-state index in [0.717, 1.165) is 5.56 Å². The molecule has 0 heterocycles. The van der Waals surface area contributed by atoms with Crippen LogP contribution in [0.4, 0.5) is 0 Å². The topological polar surface area (TPSA) is 78.4 Å². The normalized spacial score (nSPS) is 10.5. The maximum absolute atomic E-state index is 11.8. The Hall–Kier alpha value is -3.22. The molecule has 0 atom stereocenters. The Kier molecular flexibility index (Phi) is 6.84. The molecule has 26 heavy (non-hydrogen) atoms. The van der Waals surface area contributed by atoms with Gasteiger partial charge in [-0.2, -0.15) is 5.10 Å². The molecule has 2 aromatic carbocycles. The van der Waals surface area contributed by atoms with Crippen LogP contribution in [0.15, 0.2) is 41.5 Å². The van der Waals surface area contributed by atoms with E-state index >= 15 is 0 Å². The number of hydrazone groups is 1. The fourth-order valence-electron chi connectivity index (χ4n) is 2.21. The Morgan fingerprint density at radius 3 is 2.38 bits per heavy atom. The molecule has 2 rings (SSSR count). The lowest BCUT2D eigenvalue weighted by molar-refractivity contribution is -0.123. The summed E-state index contributed by atoms with van der Waals surface area (Å²) in [5.74, 6) is 1.87. The number of methoxy groups -OCH3 is 3. The molecular formula is C19H22N2O5. The Balaban J connectivity index is 1.97. The highest BCUT2D eigenvalue weighted by atomic mass is 16.5. The molecule has 7 heteroatoms. The number of ether oxygens (including phenoxy) is 4. The van der Waals surface area contributed by atoms with Gasteiger partial charge in [-0.05, 0) is 30.7 Å². The van der Waals surface area contributed by atoms with E-state index in [0.29, 0.717) is 28.6 Å². The van der Waals surface area contributed by atoms with Crippen LogP contribution < -0.4 is 24.4 Å². The second-order valence-corrected chi connectivity index (χ2v) is 5.35. The molecule has 0 radical (unpaired) electrons. The van der Waals surface area contributed by atoms with Gasteiger partial charge < -0.3 is 18.9 Å². The monoisotopic (exact) mass is 358 g/mol. The summed E-state index contributed by atoms with van der Waals surface area (Å²) in [5, 5.41) is 3.93. The minimum atomic E-state index is -0.373. The van der Waals surface area contributed by atoms with Crippen molar-refractivity contribution in [1.82, 2.24) is 5.43 Å². The second kappa shape index (κ2) is 9.31. The molecule has 2 aromatic rings. The van der Waals surface area contributed by atoms with E-state index in [4.69, 9.17) is 18.9 Å². The molecule has 138 valence electrons. The summed E-state index contributed by atoms with van der Waals surface area (Å²) in [7, 11) is 4.61. The molecule has 0 saturated heterocycles. The first-order valence-corrected chi connectivity index (χ1v) is 7.88. The molecular weight excluding hydrogens is 336 g/mol. The number of rotatable bonds is 8. The van der Waals surface area contributed by atoms with Crippen molar-refractivity contribution in [1.29, 1.82) is 0 Å². The fraction of sp³-hybridized carbons (Fsp3) is 0.263. The van der Waals surface area contributed by atoms with E-state index in [1.807, 2.05) is 25.1 Å². The molecule has 0 aliphatic carbocycles. The van der Waals surface area contributed by atoms with Crippen molar-refractivity contribution in [3.8, 4) is 23.0 Å². The van der Waals surface area contributed by atoms with E-state index in [-0.39, 0.29) is 12.5 Å². The summed E-state index contributed by atoms with van der Waals surface area (Å²) in [6.45, 7) is 1.82. The quantitative estimate of drug-likeness (QED) is 0.580. The lowest BCUT2D eigenvalue weighted by Gasteiger charge is -2.11. The van der Waals surface area contributed by atoms with Gasteiger partial charge in [-0.25, -0.2) is 5.43 Å². The summed E-state index contributed by atoms with van der Waals surface area (Å²) in [6.07, 6.45) is 1.46. The third-order valence-electron chi connectivity index (χ3n) is 3.49. The average Bonchev–Trinajstić information content (AvgIpc) is 2.66. The molecule has 0 saturated carbocycles. The number of carbonyl (C=O) groups is 1. The average molecular weight is 358 g/mol. The zero-order valence-corrected chi connectivity index (χ0v) is 15.2. The van der Waals surface area contributed by atoms with Gasteiger partial charge in [0.1, 0.15) is 11.5 Å². The largest absolute Gasteiger partial charge is 0.496 e. The Bertz CT molecular complexity index is 789. The maximum atomic E-state index is 11.8. The number of carbonyl (C=O) groups excluding carboxylic acids is 1. The molecule has 0 aliphatic rings. The van der Waals surface area contributed by atoms with Crippen LogP contribution in [-0.4, -0.2) is 40.1 Å². The standard InChI is InChI=1S/C19H22N2O5/c1-13-6-5-7-15(8-13)26-12-19(22)21-20-11-14-9-17(24-3)18(25-4)10-16(14)23-2/h5-11H,12H2,1-4H3,(H,21,22)/b20-11+. The Morgan fingerprint density at radius 1 is 1.04 bits per heavy atom. The number of nitrogens with one attached hydrogen (secondary N) is 1. The summed E-state index contributed by atoms with van der Waals surface area (Å²) in [4.78, 5) is 11.8. The van der Waals surface area contributed by atoms with Crippen LogP contribution in [-0.2, 0) is 4.79 Å². The molecule has 0 aromatic heterocycles. The van der Waals surface area contributed by atoms with Gasteiger partial charge in [-0.3, -0.25) is 4.79 Å². The van der Waals surface area contributed by atoms with Crippen LogP contribution in [0.25, 0.3) is 0 Å². The fourth-order valence-corrected chi connectivity index (χ4v) is 2.21. The van der Waals surface area contributed by atoms with Crippen molar-refractivity contribution in [3.63, 3.8) is 0 Å². The highest BCUT2D eigenvalue weighted by Crippen LogP contribution is 2.33. The van der Waals surface area contributed by atoms with Gasteiger partial charge in [-0.1, -0.05) is 12.1 Å². The first kappa shape index (κ1) is 19.1. The van der Waals surface area contributed by atoms with Gasteiger partial charge in [0.2, 0.25) is 0 Å². The Morgan fingerprint density at radius 2 is 1.73 bits per heavy atom. The van der Waals surface area contributed by atoms with Crippen LogP contribution in [0.3, 0.4) is 0 Å². The number of benzene rings is 2. The number of amides is 1. The summed E-state index contributed by atoms with van der Waals surface area (Å²) >= 11 is 0. The maximum Gasteiger partial charge on any atom is 0.277 e. The van der Waals surface area contributed by atoms with Crippen molar-refractivity contribution in [2.75, 3.05) is 27.9 Å². The van der Waals surface area contributed by atoms with Gasteiger partial charge in [0, 0.05) is 11.6 Å². The Labute approximate surface area is 152 Å². The predicted octanol–water partition coefficient (Wildman–Crippen LogP) is 2.55. The van der Waals surface area contributed by atoms with E-state index in [1.165, 1.54) is 20.4 Å². The van der Waals surface area contributed by atoms with Gasteiger partial charge >= 0.3 is 0 Å². The summed E-state index contributed by atoms with van der Waals surface area (Å²) in [6, 6.07) is 10.8. The van der Waals surface area contributed by atoms with E-state index in [9.17, 15) is 4.79 Å². The van der Waals surface area contributed by atoms with Crippen molar-refractivity contribution in [2.45, 2.75) is 6.92 Å². The van der Waals surface area contributed by atoms with Crippen LogP contribution in [0.5, 0.6) is 23.0 Å². The summed E-state index contributed by atoms with van der Waals surface area (Å²) < 4.78 is 21.2. The summed E-state index contributed by atoms with van der Waals surface area (Å²) in [5.41, 5.74) is 4.10. The minimum absolute atomic E-state index is 0.135. The zero-order valence-electron chi connectivity index (χ0n) is 15.2. The van der Waals surface area contributed by atoms with E-state index < -0.39 is 0 Å². The lowest BCUT2D eigenvalue weighted by atomic mass is 10.2. The molecule has 0 bridgehead atoms. The first-order valence-electron chi connectivity index (χ1n) is 7.88. The third-order valence-corrected chi connectivity index (χ3v) is 3.49. The van der Waals surface area contributed by atoms with Crippen molar-refractivity contribution in [3.05, 3.63) is 47.5 Å². The molecule has 1 N–H and O–H groups in total. The van der Waals surface area contributed by atoms with Crippen molar-refractivity contribution < 1.29 is 23.7 Å². The van der Waals surface area contributed by atoms with Gasteiger partial charge in [-0.15, -0.1) is 0 Å². The molecule has 0 spiro atoms. The number of hydrogen-bond acceptors (Lipinski definition) is 6. The zero-order chi connectivity index (χ0) is 18.9. The predicted molar refractivity (Wildman–Crippen MR) is 98.5 cm³/mol. The van der Waals surface area contributed by atoms with E-state index in [1.54, 1.807) is 25.3 Å². The molecule has 0 aliphatic heterocycles. The van der Waals surface area contributed by atoms with Gasteiger partial charge in [0.25, 0.3) is 5.91 Å². The number of hydrogen-bond donors (Lipinski definition) is 1. The highest BCUT2D eigenvalue weighted by molar-refractivity contribution is 5.86. The van der Waals surface area contributed by atoms with Crippen LogP contribution in [0.1, 0.15) is 11.1 Å². The SMILES string of the molecule is COc1cc(OC)c(OC)cc1/C=N/NC(=O)COc1cccc(C)c1. The number of nitrogens with zero attached hydrogens (tertiary/aromatic N) is 1. The number of aryl methyl sites for hydroxylation is 1. The van der Waals surface area contributed by atoms with Crippen LogP contribution in [0.2, 0.25) is 0 Å². The first-order chi connectivity index (χ1) is 12.6. The minimum Gasteiger partial charge on any atom is -0.496 e. The molecule has 0 unspecified atom stereocenters. The van der Waals surface area contributed by atoms with Gasteiger partial charge in [0.05, 0.1) is 27.5 Å². The molecule has 1 amide bonds. The van der Waals surface area contributed by atoms with E-state index in [2.05, 4.69) is 10.5 Å². The third kappa shape index (κ3) is 5.14. The molecule has 0 fully saturated rings. The smallest absolute Gasteiger partial charge is 0.277 e. The lowest BCUT2D eigenvalue weighted by Crippen LogP contribution is -2.24.